The topological polar surface area (TPSA) is 35.9 Å². The van der Waals surface area contributed by atoms with Crippen molar-refractivity contribution >= 4 is 33.6 Å². The Hall–Kier alpha value is -2.45. The number of hydrogen-bond donors (Lipinski definition) is 0. The third kappa shape index (κ3) is 8.82. The lowest BCUT2D eigenvalue weighted by molar-refractivity contribution is 0.0116. The zero-order chi connectivity index (χ0) is 27.8. The number of hydrogen-bond acceptors (Lipinski definition) is 3. The first kappa shape index (κ1) is 34.6. The van der Waals surface area contributed by atoms with Crippen molar-refractivity contribution in [1.29, 1.82) is 0 Å². The molecule has 1 amide bonds. The van der Waals surface area contributed by atoms with Gasteiger partial charge in [0.05, 0.1) is 6.54 Å². The summed E-state index contributed by atoms with van der Waals surface area (Å²) >= 11 is 3.43. The van der Waals surface area contributed by atoms with Crippen LogP contribution in [0.3, 0.4) is 0 Å². The average Bonchev–Trinajstić information content (AvgIpc) is 2.82. The monoisotopic (exact) mass is 583 g/mol. The Kier molecular flexibility index (Phi) is 14.1. The third-order valence-electron chi connectivity index (χ3n) is 5.82. The SMILES string of the molecule is C.C=C(/C=C(\C)C(C)N1CC=C(c2c(C)cc(C(=O)N(C)C)cc2F)C(F)(F)C1)/C(Br)=C\C=NC.CC. The number of amides is 1. The lowest BCUT2D eigenvalue weighted by atomic mass is 9.90. The summed E-state index contributed by atoms with van der Waals surface area (Å²) in [5, 5.41) is 0. The number of alkyl halides is 2. The van der Waals surface area contributed by atoms with E-state index in [2.05, 4.69) is 27.5 Å². The fourth-order valence-corrected chi connectivity index (χ4v) is 4.04. The van der Waals surface area contributed by atoms with Gasteiger partial charge in [-0.05, 0) is 50.1 Å². The van der Waals surface area contributed by atoms with Crippen LogP contribution < -0.4 is 0 Å². The molecule has 4 nitrogen and oxygen atoms in total. The molecule has 1 heterocycles. The smallest absolute Gasteiger partial charge is 0.286 e. The highest BCUT2D eigenvalue weighted by atomic mass is 79.9. The molecule has 1 atom stereocenters. The van der Waals surface area contributed by atoms with Gasteiger partial charge in [0.1, 0.15) is 5.82 Å². The van der Waals surface area contributed by atoms with Gasteiger partial charge in [-0.3, -0.25) is 14.7 Å². The molecule has 0 saturated carbocycles. The summed E-state index contributed by atoms with van der Waals surface area (Å²) in [5.74, 6) is -4.47. The fraction of sp³-hybridized carbons (Fsp3) is 0.448. The first-order valence-corrected chi connectivity index (χ1v) is 12.6. The maximum absolute atomic E-state index is 15.3. The number of carbonyl (C=O) groups excluding carboxylic acids is 1. The number of aliphatic imine (C=N–C) groups is 1. The molecular formula is C29H41BrF3N3O. The first-order valence-electron chi connectivity index (χ1n) is 11.8. The lowest BCUT2D eigenvalue weighted by Crippen LogP contribution is -2.46. The Labute approximate surface area is 229 Å². The molecule has 206 valence electrons. The first-order chi connectivity index (χ1) is 16.8. The predicted octanol–water partition coefficient (Wildman–Crippen LogP) is 7.70. The van der Waals surface area contributed by atoms with E-state index in [-0.39, 0.29) is 42.6 Å². The van der Waals surface area contributed by atoms with E-state index < -0.39 is 18.3 Å². The zero-order valence-electron chi connectivity index (χ0n) is 22.4. The summed E-state index contributed by atoms with van der Waals surface area (Å²) in [5.41, 5.74) is 1.52. The van der Waals surface area contributed by atoms with E-state index in [1.807, 2.05) is 33.8 Å². The Morgan fingerprint density at radius 1 is 1.30 bits per heavy atom. The van der Waals surface area contributed by atoms with Crippen LogP contribution in [-0.4, -0.2) is 68.1 Å². The summed E-state index contributed by atoms with van der Waals surface area (Å²) in [4.78, 5) is 19.0. The van der Waals surface area contributed by atoms with Crippen molar-refractivity contribution in [2.45, 2.75) is 54.0 Å². The van der Waals surface area contributed by atoms with Crippen molar-refractivity contribution in [3.8, 4) is 0 Å². The maximum atomic E-state index is 15.3. The molecule has 0 N–H and O–H groups in total. The van der Waals surface area contributed by atoms with Crippen LogP contribution in [0.4, 0.5) is 13.2 Å². The number of allylic oxidation sites excluding steroid dienone is 4. The van der Waals surface area contributed by atoms with Crippen molar-refractivity contribution in [1.82, 2.24) is 9.80 Å². The molecule has 0 aromatic heterocycles. The number of rotatable bonds is 7. The van der Waals surface area contributed by atoms with Crippen LogP contribution in [0.2, 0.25) is 0 Å². The Morgan fingerprint density at radius 2 is 1.89 bits per heavy atom. The minimum Gasteiger partial charge on any atom is -0.345 e. The van der Waals surface area contributed by atoms with E-state index in [9.17, 15) is 9.18 Å². The summed E-state index contributed by atoms with van der Waals surface area (Å²) < 4.78 is 46.3. The predicted molar refractivity (Wildman–Crippen MR) is 156 cm³/mol. The number of carbonyl (C=O) groups is 1. The van der Waals surface area contributed by atoms with Crippen LogP contribution in [-0.2, 0) is 0 Å². The third-order valence-corrected chi connectivity index (χ3v) is 6.59. The van der Waals surface area contributed by atoms with Crippen molar-refractivity contribution in [3.05, 3.63) is 75.1 Å². The second-order valence-corrected chi connectivity index (χ2v) is 9.47. The van der Waals surface area contributed by atoms with E-state index in [1.54, 1.807) is 45.3 Å². The van der Waals surface area contributed by atoms with Crippen LogP contribution in [0, 0.1) is 12.7 Å². The van der Waals surface area contributed by atoms with Gasteiger partial charge in [-0.15, -0.1) is 0 Å². The Balaban J connectivity index is 0.00000421. The summed E-state index contributed by atoms with van der Waals surface area (Å²) in [6.07, 6.45) is 6.61. The molecule has 1 aliphatic rings. The van der Waals surface area contributed by atoms with Gasteiger partial charge in [-0.25, -0.2) is 4.39 Å². The van der Waals surface area contributed by atoms with Crippen LogP contribution >= 0.6 is 15.9 Å². The summed E-state index contributed by atoms with van der Waals surface area (Å²) in [6.45, 7) is 13.0. The average molecular weight is 585 g/mol. The molecule has 8 heteroatoms. The molecule has 0 spiro atoms. The minimum atomic E-state index is -3.26. The highest BCUT2D eigenvalue weighted by Gasteiger charge is 2.42. The van der Waals surface area contributed by atoms with Gasteiger partial charge in [0.25, 0.3) is 11.8 Å². The Bertz CT molecular complexity index is 1060. The van der Waals surface area contributed by atoms with E-state index in [4.69, 9.17) is 0 Å². The molecular weight excluding hydrogens is 543 g/mol. The fourth-order valence-electron chi connectivity index (χ4n) is 3.81. The second-order valence-electron chi connectivity index (χ2n) is 8.61. The number of aryl methyl sites for hydroxylation is 1. The normalized spacial score (nSPS) is 16.8. The van der Waals surface area contributed by atoms with Gasteiger partial charge in [0, 0.05) is 61.1 Å². The van der Waals surface area contributed by atoms with Crippen LogP contribution in [0.5, 0.6) is 0 Å². The summed E-state index contributed by atoms with van der Waals surface area (Å²) in [7, 11) is 4.76. The van der Waals surface area contributed by atoms with Gasteiger partial charge in [-0.2, -0.15) is 8.78 Å². The number of nitrogens with zero attached hydrogens (tertiary/aromatic N) is 3. The molecule has 1 aliphatic heterocycles. The van der Waals surface area contributed by atoms with E-state index in [0.29, 0.717) is 11.1 Å². The molecule has 1 unspecified atom stereocenters. The van der Waals surface area contributed by atoms with Gasteiger partial charge in [-0.1, -0.05) is 61.5 Å². The number of benzene rings is 1. The molecule has 1 aromatic carbocycles. The minimum absolute atomic E-state index is 0. The molecule has 0 radical (unpaired) electrons. The number of halogens is 4. The largest absolute Gasteiger partial charge is 0.345 e. The van der Waals surface area contributed by atoms with Crippen LogP contribution in [0.25, 0.3) is 5.57 Å². The molecule has 0 aliphatic carbocycles. The second kappa shape index (κ2) is 15.1. The Morgan fingerprint density at radius 3 is 2.38 bits per heavy atom. The molecule has 1 aromatic rings. The maximum Gasteiger partial charge on any atom is 0.286 e. The zero-order valence-corrected chi connectivity index (χ0v) is 24.0. The summed E-state index contributed by atoms with van der Waals surface area (Å²) in [6, 6.07) is 2.20. The molecule has 2 rings (SSSR count). The molecule has 37 heavy (non-hydrogen) atoms. The van der Waals surface area contributed by atoms with Crippen LogP contribution in [0.1, 0.15) is 56.6 Å². The highest BCUT2D eigenvalue weighted by Crippen LogP contribution is 2.40. The molecule has 0 fully saturated rings. The standard InChI is InChI=1S/C26H31BrF3N3O.C2H6.CH4/c1-16(12-17(2)22(27)8-10-31-5)19(4)33-11-9-21(26(29,30)15-33)24-18(3)13-20(14-23(24)28)25(34)32(6)7;1-2;/h8-10,12-14,19H,2,11,15H2,1,3-7H3;1-2H3;1H4/b16-12+,22-8+,31-10?;;. The lowest BCUT2D eigenvalue weighted by Gasteiger charge is -2.37. The van der Waals surface area contributed by atoms with Crippen molar-refractivity contribution in [3.63, 3.8) is 0 Å². The van der Waals surface area contributed by atoms with E-state index >= 15 is 8.78 Å². The highest BCUT2D eigenvalue weighted by molar-refractivity contribution is 9.12. The van der Waals surface area contributed by atoms with Crippen LogP contribution in [0.15, 0.2) is 57.6 Å². The van der Waals surface area contributed by atoms with Gasteiger partial charge < -0.3 is 4.90 Å². The van der Waals surface area contributed by atoms with Gasteiger partial charge in [0.2, 0.25) is 0 Å². The van der Waals surface area contributed by atoms with E-state index in [1.165, 1.54) is 17.0 Å². The van der Waals surface area contributed by atoms with Gasteiger partial charge in [0.15, 0.2) is 0 Å². The quantitative estimate of drug-likeness (QED) is 0.243. The van der Waals surface area contributed by atoms with Crippen molar-refractivity contribution in [2.24, 2.45) is 4.99 Å². The van der Waals surface area contributed by atoms with Crippen molar-refractivity contribution < 1.29 is 18.0 Å². The molecule has 0 saturated heterocycles. The van der Waals surface area contributed by atoms with E-state index in [0.717, 1.165) is 16.1 Å². The molecule has 0 bridgehead atoms. The van der Waals surface area contributed by atoms with Crippen molar-refractivity contribution in [2.75, 3.05) is 34.2 Å². The van der Waals surface area contributed by atoms with Gasteiger partial charge >= 0.3 is 0 Å².